The number of benzene rings is 3. The number of fused-ring (bicyclic) bond motifs is 1. The SMILES string of the molecule is Nc1ccccc1NC(=O)c1cc2cc(NC(=O)C(N)c3ccccc3)ccc2s1. The van der Waals surface area contributed by atoms with E-state index < -0.39 is 6.04 Å². The lowest BCUT2D eigenvalue weighted by Gasteiger charge is -2.12. The second kappa shape index (κ2) is 8.36. The summed E-state index contributed by atoms with van der Waals surface area (Å²) in [5.41, 5.74) is 14.4. The van der Waals surface area contributed by atoms with E-state index >= 15 is 0 Å². The van der Waals surface area contributed by atoms with Crippen LogP contribution in [0.15, 0.2) is 78.9 Å². The van der Waals surface area contributed by atoms with Crippen molar-refractivity contribution in [3.05, 3.63) is 89.3 Å². The summed E-state index contributed by atoms with van der Waals surface area (Å²) in [5, 5.41) is 6.53. The van der Waals surface area contributed by atoms with Crippen LogP contribution in [0, 0.1) is 0 Å². The van der Waals surface area contributed by atoms with Crippen molar-refractivity contribution in [2.75, 3.05) is 16.4 Å². The minimum absolute atomic E-state index is 0.231. The van der Waals surface area contributed by atoms with E-state index in [2.05, 4.69) is 10.6 Å². The average Bonchev–Trinajstić information content (AvgIpc) is 3.19. The van der Waals surface area contributed by atoms with Crippen LogP contribution in [0.2, 0.25) is 0 Å². The molecule has 2 amide bonds. The highest BCUT2D eigenvalue weighted by atomic mass is 32.1. The van der Waals surface area contributed by atoms with E-state index in [0.29, 0.717) is 21.9 Å². The molecule has 3 aromatic carbocycles. The Kier molecular flexibility index (Phi) is 5.47. The van der Waals surface area contributed by atoms with Crippen LogP contribution in [0.4, 0.5) is 17.1 Å². The number of carbonyl (C=O) groups is 2. The van der Waals surface area contributed by atoms with Crippen LogP contribution in [0.3, 0.4) is 0 Å². The van der Waals surface area contributed by atoms with E-state index in [1.54, 1.807) is 24.3 Å². The van der Waals surface area contributed by atoms with E-state index in [0.717, 1.165) is 15.6 Å². The average molecular weight is 417 g/mol. The van der Waals surface area contributed by atoms with E-state index in [1.807, 2.05) is 54.6 Å². The third-order valence-electron chi connectivity index (χ3n) is 4.66. The molecule has 6 N–H and O–H groups in total. The molecule has 150 valence electrons. The van der Waals surface area contributed by atoms with Gasteiger partial charge in [-0.2, -0.15) is 0 Å². The molecule has 0 aliphatic heterocycles. The van der Waals surface area contributed by atoms with Crippen molar-refractivity contribution >= 4 is 50.3 Å². The van der Waals surface area contributed by atoms with Crippen molar-refractivity contribution in [1.82, 2.24) is 0 Å². The first-order valence-electron chi connectivity index (χ1n) is 9.32. The molecule has 1 unspecified atom stereocenters. The maximum absolute atomic E-state index is 12.6. The third kappa shape index (κ3) is 4.17. The smallest absolute Gasteiger partial charge is 0.265 e. The van der Waals surface area contributed by atoms with E-state index in [-0.39, 0.29) is 11.8 Å². The summed E-state index contributed by atoms with van der Waals surface area (Å²) >= 11 is 1.37. The Labute approximate surface area is 177 Å². The van der Waals surface area contributed by atoms with Crippen LogP contribution in [0.5, 0.6) is 0 Å². The number of hydrogen-bond acceptors (Lipinski definition) is 5. The van der Waals surface area contributed by atoms with E-state index in [4.69, 9.17) is 11.5 Å². The van der Waals surface area contributed by atoms with Crippen LogP contribution < -0.4 is 22.1 Å². The zero-order valence-electron chi connectivity index (χ0n) is 16.0. The Balaban J connectivity index is 1.50. The van der Waals surface area contributed by atoms with Crippen molar-refractivity contribution in [1.29, 1.82) is 0 Å². The molecular weight excluding hydrogens is 396 g/mol. The molecular formula is C23H20N4O2S. The van der Waals surface area contributed by atoms with Crippen LogP contribution in [-0.2, 0) is 4.79 Å². The third-order valence-corrected chi connectivity index (χ3v) is 5.77. The predicted molar refractivity (Wildman–Crippen MR) is 123 cm³/mol. The van der Waals surface area contributed by atoms with Crippen molar-refractivity contribution < 1.29 is 9.59 Å². The number of hydrogen-bond donors (Lipinski definition) is 4. The van der Waals surface area contributed by atoms with Gasteiger partial charge in [0.1, 0.15) is 6.04 Å². The van der Waals surface area contributed by atoms with Gasteiger partial charge in [-0.05, 0) is 47.3 Å². The standard InChI is InChI=1S/C23H20N4O2S/c24-17-8-4-5-9-18(17)27-22(28)20-13-15-12-16(10-11-19(15)30-20)26-23(29)21(25)14-6-2-1-3-7-14/h1-13,21H,24-25H2,(H,26,29)(H,27,28). The maximum Gasteiger partial charge on any atom is 0.265 e. The highest BCUT2D eigenvalue weighted by Gasteiger charge is 2.16. The van der Waals surface area contributed by atoms with Gasteiger partial charge < -0.3 is 22.1 Å². The fourth-order valence-electron chi connectivity index (χ4n) is 3.06. The zero-order chi connectivity index (χ0) is 21.1. The number of nitrogens with two attached hydrogens (primary N) is 2. The van der Waals surface area contributed by atoms with Crippen LogP contribution >= 0.6 is 11.3 Å². The summed E-state index contributed by atoms with van der Waals surface area (Å²) < 4.78 is 0.937. The van der Waals surface area contributed by atoms with Gasteiger partial charge in [-0.25, -0.2) is 0 Å². The summed E-state index contributed by atoms with van der Waals surface area (Å²) in [5.74, 6) is -0.529. The second-order valence-corrected chi connectivity index (χ2v) is 7.87. The topological polar surface area (TPSA) is 110 Å². The van der Waals surface area contributed by atoms with Gasteiger partial charge in [0.05, 0.1) is 16.3 Å². The monoisotopic (exact) mass is 416 g/mol. The molecule has 0 aliphatic carbocycles. The van der Waals surface area contributed by atoms with Crippen LogP contribution in [0.25, 0.3) is 10.1 Å². The number of nitrogens with one attached hydrogen (secondary N) is 2. The fourth-order valence-corrected chi connectivity index (χ4v) is 4.00. The maximum atomic E-state index is 12.6. The number of nitrogen functional groups attached to an aromatic ring is 1. The Morgan fingerprint density at radius 3 is 2.37 bits per heavy atom. The molecule has 0 aliphatic rings. The fraction of sp³-hybridized carbons (Fsp3) is 0.0435. The predicted octanol–water partition coefficient (Wildman–Crippen LogP) is 4.37. The Bertz CT molecular complexity index is 1220. The first-order valence-corrected chi connectivity index (χ1v) is 10.1. The summed E-state index contributed by atoms with van der Waals surface area (Å²) in [6, 6.07) is 22.8. The highest BCUT2D eigenvalue weighted by molar-refractivity contribution is 7.20. The van der Waals surface area contributed by atoms with Gasteiger partial charge in [0.2, 0.25) is 5.91 Å². The minimum atomic E-state index is -0.762. The molecule has 0 spiro atoms. The molecule has 30 heavy (non-hydrogen) atoms. The lowest BCUT2D eigenvalue weighted by atomic mass is 10.1. The summed E-state index contributed by atoms with van der Waals surface area (Å²) in [6.07, 6.45) is 0. The summed E-state index contributed by atoms with van der Waals surface area (Å²) in [7, 11) is 0. The van der Waals surface area contributed by atoms with Crippen molar-refractivity contribution in [2.24, 2.45) is 5.73 Å². The van der Waals surface area contributed by atoms with Gasteiger partial charge in [0.15, 0.2) is 0 Å². The molecule has 0 fully saturated rings. The number of anilines is 3. The van der Waals surface area contributed by atoms with Crippen LogP contribution in [0.1, 0.15) is 21.3 Å². The largest absolute Gasteiger partial charge is 0.397 e. The molecule has 0 saturated heterocycles. The highest BCUT2D eigenvalue weighted by Crippen LogP contribution is 2.29. The molecule has 0 saturated carbocycles. The quantitative estimate of drug-likeness (QED) is 0.362. The lowest BCUT2D eigenvalue weighted by molar-refractivity contribution is -0.117. The Morgan fingerprint density at radius 2 is 1.60 bits per heavy atom. The first kappa shape index (κ1) is 19.6. The molecule has 6 nitrogen and oxygen atoms in total. The molecule has 1 atom stereocenters. The van der Waals surface area contributed by atoms with E-state index in [1.165, 1.54) is 11.3 Å². The molecule has 1 aromatic heterocycles. The first-order chi connectivity index (χ1) is 14.5. The minimum Gasteiger partial charge on any atom is -0.397 e. The van der Waals surface area contributed by atoms with Gasteiger partial charge in [-0.1, -0.05) is 42.5 Å². The van der Waals surface area contributed by atoms with Crippen molar-refractivity contribution in [2.45, 2.75) is 6.04 Å². The van der Waals surface area contributed by atoms with Gasteiger partial charge in [-0.15, -0.1) is 11.3 Å². The second-order valence-electron chi connectivity index (χ2n) is 6.78. The lowest BCUT2D eigenvalue weighted by Crippen LogP contribution is -2.27. The molecule has 7 heteroatoms. The van der Waals surface area contributed by atoms with Crippen LogP contribution in [-0.4, -0.2) is 11.8 Å². The van der Waals surface area contributed by atoms with Crippen molar-refractivity contribution in [3.8, 4) is 0 Å². The summed E-state index contributed by atoms with van der Waals surface area (Å²) in [6.45, 7) is 0. The van der Waals surface area contributed by atoms with Gasteiger partial charge in [0, 0.05) is 10.4 Å². The normalized spacial score (nSPS) is 11.8. The number of para-hydroxylation sites is 2. The molecule has 0 bridgehead atoms. The van der Waals surface area contributed by atoms with Crippen molar-refractivity contribution in [3.63, 3.8) is 0 Å². The van der Waals surface area contributed by atoms with Gasteiger partial charge >= 0.3 is 0 Å². The number of amides is 2. The number of carbonyl (C=O) groups excluding carboxylic acids is 2. The summed E-state index contributed by atoms with van der Waals surface area (Å²) in [4.78, 5) is 25.6. The van der Waals surface area contributed by atoms with Gasteiger partial charge in [-0.3, -0.25) is 9.59 Å². The Morgan fingerprint density at radius 1 is 0.867 bits per heavy atom. The number of rotatable bonds is 5. The molecule has 0 radical (unpaired) electrons. The van der Waals surface area contributed by atoms with E-state index in [9.17, 15) is 9.59 Å². The molecule has 4 aromatic rings. The van der Waals surface area contributed by atoms with Gasteiger partial charge in [0.25, 0.3) is 5.91 Å². The number of thiophene rings is 1. The zero-order valence-corrected chi connectivity index (χ0v) is 16.8. The molecule has 1 heterocycles. The molecule has 4 rings (SSSR count). The Hall–Kier alpha value is -3.68.